The summed E-state index contributed by atoms with van der Waals surface area (Å²) in [4.78, 5) is 37.6. The second kappa shape index (κ2) is 11.5. The highest BCUT2D eigenvalue weighted by atomic mass is 16.3. The normalized spacial score (nSPS) is 20.0. The third kappa shape index (κ3) is 6.97. The Balaban J connectivity index is 2.79. The first-order valence-corrected chi connectivity index (χ1v) is 10.2. The van der Waals surface area contributed by atoms with Crippen LogP contribution in [0.4, 0.5) is 0 Å². The Hall–Kier alpha value is -1.31. The van der Waals surface area contributed by atoms with Crippen LogP contribution in [0.3, 0.4) is 0 Å². The van der Waals surface area contributed by atoms with Gasteiger partial charge < -0.3 is 21.9 Å². The van der Waals surface area contributed by atoms with E-state index in [9.17, 15) is 19.5 Å². The van der Waals surface area contributed by atoms with Gasteiger partial charge in [-0.15, -0.1) is 0 Å². The molecule has 7 heteroatoms. The summed E-state index contributed by atoms with van der Waals surface area (Å²) in [5.41, 5.74) is 11.5. The number of aliphatic hydroxyl groups excluding tert-OH is 1. The molecule has 0 bridgehead atoms. The first-order valence-electron chi connectivity index (χ1n) is 10.2. The van der Waals surface area contributed by atoms with Crippen molar-refractivity contribution in [2.24, 2.45) is 35.1 Å². The second-order valence-corrected chi connectivity index (χ2v) is 8.11. The van der Waals surface area contributed by atoms with E-state index in [1.165, 1.54) is 13.3 Å². The fourth-order valence-electron chi connectivity index (χ4n) is 3.90. The van der Waals surface area contributed by atoms with E-state index in [1.807, 2.05) is 0 Å². The highest BCUT2D eigenvalue weighted by Gasteiger charge is 2.34. The van der Waals surface area contributed by atoms with Crippen LogP contribution in [0.2, 0.25) is 0 Å². The lowest BCUT2D eigenvalue weighted by atomic mass is 9.76. The van der Waals surface area contributed by atoms with Crippen LogP contribution in [0.25, 0.3) is 0 Å². The summed E-state index contributed by atoms with van der Waals surface area (Å²) < 4.78 is 0. The minimum atomic E-state index is -1.01. The maximum Gasteiger partial charge on any atom is 0.226 e. The molecule has 27 heavy (non-hydrogen) atoms. The summed E-state index contributed by atoms with van der Waals surface area (Å²) in [6.45, 7) is 5.20. The Morgan fingerprint density at radius 1 is 1.04 bits per heavy atom. The molecule has 1 fully saturated rings. The zero-order valence-electron chi connectivity index (χ0n) is 16.9. The van der Waals surface area contributed by atoms with Crippen molar-refractivity contribution in [2.45, 2.75) is 71.4 Å². The molecule has 0 aromatic heterocycles. The van der Waals surface area contributed by atoms with E-state index in [1.54, 1.807) is 13.8 Å². The number of carbonyl (C=O) groups excluding carboxylic acids is 3. The van der Waals surface area contributed by atoms with Crippen molar-refractivity contribution in [2.75, 3.05) is 13.1 Å². The van der Waals surface area contributed by atoms with Crippen molar-refractivity contribution in [1.29, 1.82) is 0 Å². The first-order chi connectivity index (χ1) is 12.7. The van der Waals surface area contributed by atoms with Gasteiger partial charge in [0.05, 0.1) is 18.1 Å². The summed E-state index contributed by atoms with van der Waals surface area (Å²) in [7, 11) is 0. The van der Waals surface area contributed by atoms with Gasteiger partial charge in [0.25, 0.3) is 0 Å². The van der Waals surface area contributed by atoms with Gasteiger partial charge in [0.15, 0.2) is 5.78 Å². The Morgan fingerprint density at radius 2 is 1.63 bits per heavy atom. The fraction of sp³-hybridized carbons (Fsp3) is 0.850. The number of hydrogen-bond donors (Lipinski definition) is 4. The predicted molar refractivity (Wildman–Crippen MR) is 105 cm³/mol. The van der Waals surface area contributed by atoms with E-state index in [0.717, 1.165) is 25.7 Å². The average molecular weight is 384 g/mol. The van der Waals surface area contributed by atoms with E-state index in [2.05, 4.69) is 5.32 Å². The smallest absolute Gasteiger partial charge is 0.226 e. The molecule has 0 aromatic carbocycles. The molecule has 156 valence electrons. The van der Waals surface area contributed by atoms with E-state index < -0.39 is 24.0 Å². The van der Waals surface area contributed by atoms with Crippen molar-refractivity contribution in [3.8, 4) is 0 Å². The lowest BCUT2D eigenvalue weighted by Crippen LogP contribution is -2.51. The molecule has 6 N–H and O–H groups in total. The lowest BCUT2D eigenvalue weighted by molar-refractivity contribution is -0.137. The third-order valence-corrected chi connectivity index (χ3v) is 5.69. The van der Waals surface area contributed by atoms with E-state index in [4.69, 9.17) is 11.5 Å². The molecule has 0 saturated heterocycles. The second-order valence-electron chi connectivity index (χ2n) is 8.11. The van der Waals surface area contributed by atoms with Gasteiger partial charge in [0.1, 0.15) is 5.78 Å². The molecule has 0 aromatic rings. The summed E-state index contributed by atoms with van der Waals surface area (Å²) in [6.07, 6.45) is 4.27. The van der Waals surface area contributed by atoms with E-state index in [-0.39, 0.29) is 48.8 Å². The molecule has 0 heterocycles. The molecule has 0 aliphatic heterocycles. The number of aliphatic hydroxyl groups is 1. The Labute approximate surface area is 162 Å². The number of carbonyl (C=O) groups is 3. The quantitative estimate of drug-likeness (QED) is 0.416. The van der Waals surface area contributed by atoms with Crippen LogP contribution in [0, 0.1) is 23.7 Å². The highest BCUT2D eigenvalue weighted by molar-refractivity contribution is 5.93. The van der Waals surface area contributed by atoms with Gasteiger partial charge in [-0.05, 0) is 25.7 Å². The number of amides is 1. The van der Waals surface area contributed by atoms with Crippen molar-refractivity contribution < 1.29 is 19.5 Å². The number of nitrogens with two attached hydrogens (primary N) is 2. The molecule has 1 aliphatic rings. The van der Waals surface area contributed by atoms with Gasteiger partial charge in [0, 0.05) is 31.3 Å². The molecule has 1 aliphatic carbocycles. The molecule has 0 radical (unpaired) electrons. The maximum atomic E-state index is 12.8. The first kappa shape index (κ1) is 23.7. The molecular weight excluding hydrogens is 346 g/mol. The predicted octanol–water partition coefficient (Wildman–Crippen LogP) is 0.766. The number of ketones is 2. The fourth-order valence-corrected chi connectivity index (χ4v) is 3.90. The zero-order chi connectivity index (χ0) is 20.6. The molecule has 1 rings (SSSR count). The van der Waals surface area contributed by atoms with Crippen molar-refractivity contribution in [3.63, 3.8) is 0 Å². The monoisotopic (exact) mass is 383 g/mol. The molecular formula is C20H37N3O4. The van der Waals surface area contributed by atoms with Crippen LogP contribution in [-0.4, -0.2) is 47.8 Å². The molecule has 0 spiro atoms. The minimum Gasteiger partial charge on any atom is -0.393 e. The van der Waals surface area contributed by atoms with Crippen LogP contribution in [-0.2, 0) is 14.4 Å². The van der Waals surface area contributed by atoms with Gasteiger partial charge >= 0.3 is 0 Å². The molecule has 4 atom stereocenters. The van der Waals surface area contributed by atoms with Crippen LogP contribution in [0.5, 0.6) is 0 Å². The van der Waals surface area contributed by atoms with Crippen molar-refractivity contribution in [1.82, 2.24) is 5.32 Å². The van der Waals surface area contributed by atoms with Crippen molar-refractivity contribution >= 4 is 17.5 Å². The Kier molecular flexibility index (Phi) is 10.1. The van der Waals surface area contributed by atoms with E-state index in [0.29, 0.717) is 0 Å². The largest absolute Gasteiger partial charge is 0.393 e. The molecule has 7 nitrogen and oxygen atoms in total. The summed E-state index contributed by atoms with van der Waals surface area (Å²) in [5, 5.41) is 12.7. The van der Waals surface area contributed by atoms with E-state index >= 15 is 0 Å². The minimum absolute atomic E-state index is 0.0171. The van der Waals surface area contributed by atoms with Gasteiger partial charge in [-0.2, -0.15) is 0 Å². The summed E-state index contributed by atoms with van der Waals surface area (Å²) in [5.74, 6) is -1.95. The Bertz CT molecular complexity index is 501. The van der Waals surface area contributed by atoms with Crippen LogP contribution < -0.4 is 16.8 Å². The van der Waals surface area contributed by atoms with Gasteiger partial charge in [-0.3, -0.25) is 14.4 Å². The van der Waals surface area contributed by atoms with Crippen LogP contribution in [0.1, 0.15) is 59.3 Å². The number of nitrogens with one attached hydrogen (secondary N) is 1. The van der Waals surface area contributed by atoms with Gasteiger partial charge in [0.2, 0.25) is 5.91 Å². The maximum absolute atomic E-state index is 12.8. The SMILES string of the molecule is CC(C)C(=O)[C@H](CN)NC(=O)[C@@H](CC(=O)C(CN)C1CCCCC1)[C@H](C)O. The standard InChI is InChI=1S/C20H37N3O4/c1-12(2)19(26)17(11-22)23-20(27)15(13(3)24)9-18(25)16(10-21)14-7-5-4-6-8-14/h12-17,24H,4-11,21-22H2,1-3H3,(H,23,27)/t13-,15-,16?,17-/m0/s1. The molecule has 1 unspecified atom stereocenters. The van der Waals surface area contributed by atoms with Gasteiger partial charge in [-0.25, -0.2) is 0 Å². The summed E-state index contributed by atoms with van der Waals surface area (Å²) >= 11 is 0. The highest BCUT2D eigenvalue weighted by Crippen LogP contribution is 2.31. The number of rotatable bonds is 11. The average Bonchev–Trinajstić information content (AvgIpc) is 2.64. The third-order valence-electron chi connectivity index (χ3n) is 5.69. The van der Waals surface area contributed by atoms with Gasteiger partial charge in [-0.1, -0.05) is 33.1 Å². The van der Waals surface area contributed by atoms with Crippen LogP contribution >= 0.6 is 0 Å². The number of Topliss-reactive ketones (excluding diaryl/α,β-unsaturated/α-hetero) is 2. The van der Waals surface area contributed by atoms with Crippen molar-refractivity contribution in [3.05, 3.63) is 0 Å². The zero-order valence-corrected chi connectivity index (χ0v) is 16.9. The topological polar surface area (TPSA) is 136 Å². The van der Waals surface area contributed by atoms with Crippen LogP contribution in [0.15, 0.2) is 0 Å². The molecule has 1 saturated carbocycles. The Morgan fingerprint density at radius 3 is 2.07 bits per heavy atom. The molecule has 1 amide bonds. The number of hydrogen-bond acceptors (Lipinski definition) is 6. The summed E-state index contributed by atoms with van der Waals surface area (Å²) in [6, 6.07) is -0.808. The lowest BCUT2D eigenvalue weighted by Gasteiger charge is -2.30.